The summed E-state index contributed by atoms with van der Waals surface area (Å²) in [7, 11) is 0. The van der Waals surface area contributed by atoms with Crippen molar-refractivity contribution in [3.8, 4) is 0 Å². The maximum absolute atomic E-state index is 12.4. The molecule has 0 unspecified atom stereocenters. The summed E-state index contributed by atoms with van der Waals surface area (Å²) in [6.07, 6.45) is 0.965. The van der Waals surface area contributed by atoms with E-state index < -0.39 is 24.0 Å². The lowest BCUT2D eigenvalue weighted by molar-refractivity contribution is -0.143. The molecule has 1 heterocycles. The zero-order valence-electron chi connectivity index (χ0n) is 14.8. The lowest BCUT2D eigenvalue weighted by Gasteiger charge is -2.17. The Morgan fingerprint density at radius 3 is 2.30 bits per heavy atom. The molecule has 0 bridgehead atoms. The first kappa shape index (κ1) is 18.8. The predicted octanol–water partition coefficient (Wildman–Crippen LogP) is 2.21. The highest BCUT2D eigenvalue weighted by Crippen LogP contribution is 2.14. The third kappa shape index (κ3) is 4.80. The summed E-state index contributed by atoms with van der Waals surface area (Å²) in [6, 6.07) is 14.7. The van der Waals surface area contributed by atoms with Gasteiger partial charge in [-0.05, 0) is 18.4 Å². The Balaban J connectivity index is 1.65. The first-order valence-corrected chi connectivity index (χ1v) is 8.88. The molecule has 140 valence electrons. The van der Waals surface area contributed by atoms with Gasteiger partial charge in [0.15, 0.2) is 5.78 Å². The first-order chi connectivity index (χ1) is 13.0. The van der Waals surface area contributed by atoms with E-state index in [1.807, 2.05) is 6.07 Å². The second-order valence-electron chi connectivity index (χ2n) is 6.50. The van der Waals surface area contributed by atoms with Gasteiger partial charge in [-0.3, -0.25) is 9.59 Å². The van der Waals surface area contributed by atoms with Crippen LogP contribution in [0.1, 0.15) is 34.3 Å². The van der Waals surface area contributed by atoms with Gasteiger partial charge in [-0.1, -0.05) is 54.6 Å². The number of carboxylic acid groups (broad SMARTS) is 1. The quantitative estimate of drug-likeness (QED) is 0.732. The van der Waals surface area contributed by atoms with Crippen molar-refractivity contribution in [3.63, 3.8) is 0 Å². The highest BCUT2D eigenvalue weighted by Gasteiger charge is 2.28. The van der Waals surface area contributed by atoms with Crippen LogP contribution in [0.5, 0.6) is 0 Å². The molecule has 1 fully saturated rings. The molecule has 3 rings (SSSR count). The van der Waals surface area contributed by atoms with E-state index in [0.717, 1.165) is 12.0 Å². The van der Waals surface area contributed by atoms with E-state index in [4.69, 9.17) is 4.74 Å². The standard InChI is InChI=1S/C21H21NO5/c23-19(15-5-2-1-3-6-15)16-10-8-14(9-11-16)13-17(21(25)26)22-20(24)18-7-4-12-27-18/h1-3,5-6,8-11,17-18H,4,7,12-13H2,(H,22,24)(H,25,26)/t17-,18+/m0/s1. The number of benzene rings is 2. The molecule has 1 amide bonds. The predicted molar refractivity (Wildman–Crippen MR) is 98.6 cm³/mol. The summed E-state index contributed by atoms with van der Waals surface area (Å²) in [5, 5.41) is 11.9. The van der Waals surface area contributed by atoms with E-state index in [-0.39, 0.29) is 12.2 Å². The van der Waals surface area contributed by atoms with Crippen molar-refractivity contribution >= 4 is 17.7 Å². The molecule has 2 atom stereocenters. The Bertz CT molecular complexity index is 810. The maximum Gasteiger partial charge on any atom is 0.326 e. The molecule has 2 aromatic carbocycles. The molecule has 0 radical (unpaired) electrons. The highest BCUT2D eigenvalue weighted by atomic mass is 16.5. The third-order valence-corrected chi connectivity index (χ3v) is 4.53. The number of carbonyl (C=O) groups excluding carboxylic acids is 2. The van der Waals surface area contributed by atoms with Crippen LogP contribution in [-0.4, -0.2) is 41.5 Å². The molecule has 27 heavy (non-hydrogen) atoms. The number of nitrogens with one attached hydrogen (secondary N) is 1. The fourth-order valence-corrected chi connectivity index (χ4v) is 3.03. The van der Waals surface area contributed by atoms with Gasteiger partial charge in [-0.2, -0.15) is 0 Å². The van der Waals surface area contributed by atoms with E-state index in [1.54, 1.807) is 48.5 Å². The lowest BCUT2D eigenvalue weighted by Crippen LogP contribution is -2.46. The minimum Gasteiger partial charge on any atom is -0.480 e. The Hall–Kier alpha value is -2.99. The van der Waals surface area contributed by atoms with Crippen molar-refractivity contribution in [2.24, 2.45) is 0 Å². The van der Waals surface area contributed by atoms with Gasteiger partial charge in [0.1, 0.15) is 12.1 Å². The van der Waals surface area contributed by atoms with Crippen molar-refractivity contribution in [3.05, 3.63) is 71.3 Å². The van der Waals surface area contributed by atoms with Gasteiger partial charge in [0.05, 0.1) is 0 Å². The highest BCUT2D eigenvalue weighted by molar-refractivity contribution is 6.08. The second-order valence-corrected chi connectivity index (χ2v) is 6.50. The molecule has 6 heteroatoms. The number of carbonyl (C=O) groups is 3. The van der Waals surface area contributed by atoms with Gasteiger partial charge in [-0.15, -0.1) is 0 Å². The summed E-state index contributed by atoms with van der Waals surface area (Å²) in [6.45, 7) is 0.521. The molecule has 0 aromatic heterocycles. The minimum absolute atomic E-state index is 0.0939. The van der Waals surface area contributed by atoms with Crippen molar-refractivity contribution in [1.29, 1.82) is 0 Å². The monoisotopic (exact) mass is 367 g/mol. The van der Waals surface area contributed by atoms with Crippen LogP contribution in [0.25, 0.3) is 0 Å². The first-order valence-electron chi connectivity index (χ1n) is 8.88. The van der Waals surface area contributed by atoms with Crippen LogP contribution in [0, 0.1) is 0 Å². The molecule has 1 aliphatic heterocycles. The molecule has 2 N–H and O–H groups in total. The SMILES string of the molecule is O=C(c1ccccc1)c1ccc(C[C@H](NC(=O)[C@H]2CCCO2)C(=O)O)cc1. The van der Waals surface area contributed by atoms with Crippen LogP contribution >= 0.6 is 0 Å². The van der Waals surface area contributed by atoms with E-state index in [0.29, 0.717) is 24.2 Å². The van der Waals surface area contributed by atoms with Gasteiger partial charge in [-0.25, -0.2) is 4.79 Å². The summed E-state index contributed by atoms with van der Waals surface area (Å²) < 4.78 is 5.29. The number of hydrogen-bond donors (Lipinski definition) is 2. The number of amides is 1. The summed E-state index contributed by atoms with van der Waals surface area (Å²) >= 11 is 0. The lowest BCUT2D eigenvalue weighted by atomic mass is 9.99. The Kier molecular flexibility index (Phi) is 5.98. The molecule has 1 saturated heterocycles. The second kappa shape index (κ2) is 8.60. The van der Waals surface area contributed by atoms with Crippen LogP contribution in [0.2, 0.25) is 0 Å². The van der Waals surface area contributed by atoms with Crippen molar-refractivity contribution in [1.82, 2.24) is 5.32 Å². The molecular weight excluding hydrogens is 346 g/mol. The number of ketones is 1. The number of carboxylic acids is 1. The third-order valence-electron chi connectivity index (χ3n) is 4.53. The van der Waals surface area contributed by atoms with E-state index in [1.165, 1.54) is 0 Å². The zero-order valence-corrected chi connectivity index (χ0v) is 14.8. The summed E-state index contributed by atoms with van der Waals surface area (Å²) in [4.78, 5) is 36.0. The Morgan fingerprint density at radius 2 is 1.70 bits per heavy atom. The average molecular weight is 367 g/mol. The summed E-state index contributed by atoms with van der Waals surface area (Å²) in [5.41, 5.74) is 1.84. The number of rotatable bonds is 7. The summed E-state index contributed by atoms with van der Waals surface area (Å²) in [5.74, 6) is -1.59. The number of aliphatic carboxylic acids is 1. The van der Waals surface area contributed by atoms with Gasteiger partial charge in [0.2, 0.25) is 5.91 Å². The van der Waals surface area contributed by atoms with Gasteiger partial charge in [0.25, 0.3) is 0 Å². The molecule has 0 saturated carbocycles. The molecule has 0 aliphatic carbocycles. The van der Waals surface area contributed by atoms with E-state index in [9.17, 15) is 19.5 Å². The Morgan fingerprint density at radius 1 is 1.04 bits per heavy atom. The van der Waals surface area contributed by atoms with Crippen molar-refractivity contribution < 1.29 is 24.2 Å². The zero-order chi connectivity index (χ0) is 19.2. The molecular formula is C21H21NO5. The van der Waals surface area contributed by atoms with Crippen molar-refractivity contribution in [2.45, 2.75) is 31.4 Å². The van der Waals surface area contributed by atoms with Crippen LogP contribution < -0.4 is 5.32 Å². The van der Waals surface area contributed by atoms with Gasteiger partial charge in [0, 0.05) is 24.2 Å². The molecule has 6 nitrogen and oxygen atoms in total. The maximum atomic E-state index is 12.4. The number of hydrogen-bond acceptors (Lipinski definition) is 4. The topological polar surface area (TPSA) is 92.7 Å². The van der Waals surface area contributed by atoms with Gasteiger partial charge < -0.3 is 15.2 Å². The fourth-order valence-electron chi connectivity index (χ4n) is 3.03. The Labute approximate surface area is 157 Å². The fraction of sp³-hybridized carbons (Fsp3) is 0.286. The minimum atomic E-state index is -1.11. The number of ether oxygens (including phenoxy) is 1. The molecule has 1 aliphatic rings. The van der Waals surface area contributed by atoms with Crippen LogP contribution in [0.15, 0.2) is 54.6 Å². The average Bonchev–Trinajstić information content (AvgIpc) is 3.23. The van der Waals surface area contributed by atoms with Crippen LogP contribution in [-0.2, 0) is 20.7 Å². The molecule has 0 spiro atoms. The largest absolute Gasteiger partial charge is 0.480 e. The smallest absolute Gasteiger partial charge is 0.326 e. The molecule has 2 aromatic rings. The van der Waals surface area contributed by atoms with Gasteiger partial charge >= 0.3 is 5.97 Å². The van der Waals surface area contributed by atoms with Crippen molar-refractivity contribution in [2.75, 3.05) is 6.61 Å². The normalized spacial score (nSPS) is 17.3. The van der Waals surface area contributed by atoms with Crippen LogP contribution in [0.4, 0.5) is 0 Å². The van der Waals surface area contributed by atoms with E-state index >= 15 is 0 Å². The van der Waals surface area contributed by atoms with E-state index in [2.05, 4.69) is 5.32 Å². The van der Waals surface area contributed by atoms with Crippen LogP contribution in [0.3, 0.4) is 0 Å².